The number of ether oxygens (including phenoxy) is 1. The number of aromatic hydroxyl groups is 1. The Morgan fingerprint density at radius 3 is 2.47 bits per heavy atom. The molecule has 0 aromatic heterocycles. The van der Waals surface area contributed by atoms with Crippen LogP contribution in [-0.4, -0.2) is 37.2 Å². The maximum atomic E-state index is 13.0. The van der Waals surface area contributed by atoms with Crippen molar-refractivity contribution in [2.75, 3.05) is 17.1 Å². The Morgan fingerprint density at radius 2 is 1.79 bits per heavy atom. The number of phenols is 1. The zero-order valence-corrected chi connectivity index (χ0v) is 19.9. The lowest BCUT2D eigenvalue weighted by molar-refractivity contribution is -0.167. The number of aliphatic hydroxyl groups is 1. The number of nitrogens with one attached hydrogen (secondary N) is 2. The molecule has 4 fully saturated rings. The van der Waals surface area contributed by atoms with Crippen LogP contribution in [0.25, 0.3) is 0 Å². The first-order valence-electron chi connectivity index (χ1n) is 11.6. The van der Waals surface area contributed by atoms with E-state index in [1.54, 1.807) is 24.3 Å². The minimum absolute atomic E-state index is 0.0383. The molecule has 4 aliphatic rings. The molecule has 0 spiro atoms. The number of hydrogen-bond acceptors (Lipinski definition) is 6. The van der Waals surface area contributed by atoms with Gasteiger partial charge in [0.1, 0.15) is 11.5 Å². The van der Waals surface area contributed by atoms with E-state index in [0.717, 1.165) is 32.1 Å². The number of rotatable bonds is 7. The van der Waals surface area contributed by atoms with Gasteiger partial charge in [0.15, 0.2) is 0 Å². The Kier molecular flexibility index (Phi) is 5.52. The van der Waals surface area contributed by atoms with Gasteiger partial charge >= 0.3 is 0 Å². The van der Waals surface area contributed by atoms with Crippen molar-refractivity contribution in [2.45, 2.75) is 55.4 Å². The number of sulfonamides is 1. The van der Waals surface area contributed by atoms with Gasteiger partial charge in [-0.25, -0.2) is 8.42 Å². The molecule has 4 aliphatic carbocycles. The first-order chi connectivity index (χ1) is 16.1. The molecule has 8 nitrogen and oxygen atoms in total. The summed E-state index contributed by atoms with van der Waals surface area (Å²) in [6, 6.07) is 10.4. The predicted octanol–water partition coefficient (Wildman–Crippen LogP) is 3.86. The van der Waals surface area contributed by atoms with Gasteiger partial charge in [0.2, 0.25) is 5.91 Å². The highest BCUT2D eigenvalue weighted by molar-refractivity contribution is 7.92. The van der Waals surface area contributed by atoms with E-state index in [0.29, 0.717) is 24.0 Å². The summed E-state index contributed by atoms with van der Waals surface area (Å²) in [6.07, 6.45) is 5.53. The highest BCUT2D eigenvalue weighted by Crippen LogP contribution is 2.62. The lowest BCUT2D eigenvalue weighted by Gasteiger charge is -2.60. The lowest BCUT2D eigenvalue weighted by Crippen LogP contribution is -2.56. The molecule has 4 N–H and O–H groups in total. The number of carbonyl (C=O) groups is 1. The molecule has 0 heterocycles. The second-order valence-corrected chi connectivity index (χ2v) is 12.1. The summed E-state index contributed by atoms with van der Waals surface area (Å²) in [5.41, 5.74) is -0.571. The fourth-order valence-electron chi connectivity index (χ4n) is 6.86. The van der Waals surface area contributed by atoms with Gasteiger partial charge in [0.25, 0.3) is 10.0 Å². The number of benzene rings is 2. The fraction of sp³-hybridized carbons (Fsp3) is 0.480. The van der Waals surface area contributed by atoms with Gasteiger partial charge in [-0.1, -0.05) is 12.1 Å². The molecule has 4 saturated carbocycles. The predicted molar refractivity (Wildman–Crippen MR) is 127 cm³/mol. The third-order valence-electron chi connectivity index (χ3n) is 7.59. The number of phenolic OH excluding ortho intramolecular Hbond substituents is 1. The monoisotopic (exact) mass is 486 g/mol. The maximum absolute atomic E-state index is 13.0. The van der Waals surface area contributed by atoms with Crippen LogP contribution in [0.4, 0.5) is 11.4 Å². The van der Waals surface area contributed by atoms with Gasteiger partial charge in [-0.05, 0) is 86.1 Å². The summed E-state index contributed by atoms with van der Waals surface area (Å²) in [6.45, 7) is 0. The SMILES string of the molecule is COc1ccccc1NS(=O)(=O)c1ccc(O)c(NC(=O)CC23CC4CC(CC(O)(C4)C2)C3)c1. The fourth-order valence-corrected chi connectivity index (χ4v) is 7.95. The highest BCUT2D eigenvalue weighted by Gasteiger charge is 2.57. The summed E-state index contributed by atoms with van der Waals surface area (Å²) in [7, 11) is -2.55. The average molecular weight is 487 g/mol. The van der Waals surface area contributed by atoms with E-state index in [9.17, 15) is 23.4 Å². The van der Waals surface area contributed by atoms with Gasteiger partial charge in [-0.2, -0.15) is 0 Å². The number of para-hydroxylation sites is 2. The van der Waals surface area contributed by atoms with Crippen LogP contribution >= 0.6 is 0 Å². The van der Waals surface area contributed by atoms with Crippen molar-refractivity contribution in [3.8, 4) is 11.5 Å². The molecule has 34 heavy (non-hydrogen) atoms. The number of methoxy groups -OCH3 is 1. The van der Waals surface area contributed by atoms with E-state index in [1.807, 2.05) is 0 Å². The van der Waals surface area contributed by atoms with Crippen LogP contribution in [0.3, 0.4) is 0 Å². The van der Waals surface area contributed by atoms with Gasteiger partial charge in [0.05, 0.1) is 29.0 Å². The summed E-state index contributed by atoms with van der Waals surface area (Å²) < 4.78 is 33.6. The van der Waals surface area contributed by atoms with Crippen molar-refractivity contribution >= 4 is 27.3 Å². The van der Waals surface area contributed by atoms with Gasteiger partial charge in [-0.15, -0.1) is 0 Å². The Hall–Kier alpha value is -2.78. The first-order valence-corrected chi connectivity index (χ1v) is 13.1. The van der Waals surface area contributed by atoms with Crippen LogP contribution < -0.4 is 14.8 Å². The summed E-state index contributed by atoms with van der Waals surface area (Å²) in [5.74, 6) is 0.793. The number of anilines is 2. The molecule has 2 aromatic rings. The van der Waals surface area contributed by atoms with Crippen LogP contribution in [0, 0.1) is 17.3 Å². The minimum Gasteiger partial charge on any atom is -0.506 e. The molecule has 6 rings (SSSR count). The first kappa shape index (κ1) is 23.0. The normalized spacial score (nSPS) is 29.6. The molecule has 1 amide bonds. The summed E-state index contributed by atoms with van der Waals surface area (Å²) in [5, 5.41) is 24.0. The topological polar surface area (TPSA) is 125 Å². The molecule has 2 unspecified atom stereocenters. The Bertz CT molecular complexity index is 1210. The number of carbonyl (C=O) groups excluding carboxylic acids is 1. The van der Waals surface area contributed by atoms with Crippen LogP contribution in [0.5, 0.6) is 11.5 Å². The zero-order valence-electron chi connectivity index (χ0n) is 19.1. The molecule has 0 radical (unpaired) electrons. The summed E-state index contributed by atoms with van der Waals surface area (Å²) >= 11 is 0. The molecule has 0 saturated heterocycles. The van der Waals surface area contributed by atoms with Crippen LogP contribution in [-0.2, 0) is 14.8 Å². The highest BCUT2D eigenvalue weighted by atomic mass is 32.2. The van der Waals surface area contributed by atoms with Crippen molar-refractivity contribution in [3.63, 3.8) is 0 Å². The third kappa shape index (κ3) is 4.34. The molecule has 2 aromatic carbocycles. The van der Waals surface area contributed by atoms with E-state index in [4.69, 9.17) is 4.74 Å². The van der Waals surface area contributed by atoms with E-state index in [1.165, 1.54) is 25.3 Å². The largest absolute Gasteiger partial charge is 0.506 e. The van der Waals surface area contributed by atoms with Crippen molar-refractivity contribution in [3.05, 3.63) is 42.5 Å². The van der Waals surface area contributed by atoms with Crippen LogP contribution in [0.15, 0.2) is 47.4 Å². The van der Waals surface area contributed by atoms with Crippen molar-refractivity contribution in [2.24, 2.45) is 17.3 Å². The molecule has 4 bridgehead atoms. The Balaban J connectivity index is 1.33. The molecular weight excluding hydrogens is 456 g/mol. The van der Waals surface area contributed by atoms with Crippen LogP contribution in [0.2, 0.25) is 0 Å². The Labute approximate surface area is 199 Å². The number of amides is 1. The van der Waals surface area contributed by atoms with E-state index >= 15 is 0 Å². The third-order valence-corrected chi connectivity index (χ3v) is 8.95. The minimum atomic E-state index is -4.00. The number of hydrogen-bond donors (Lipinski definition) is 4. The van der Waals surface area contributed by atoms with E-state index in [-0.39, 0.29) is 39.8 Å². The smallest absolute Gasteiger partial charge is 0.262 e. The lowest BCUT2D eigenvalue weighted by atomic mass is 9.47. The molecule has 0 aliphatic heterocycles. The second-order valence-electron chi connectivity index (χ2n) is 10.4. The van der Waals surface area contributed by atoms with Crippen LogP contribution in [0.1, 0.15) is 44.9 Å². The van der Waals surface area contributed by atoms with E-state index in [2.05, 4.69) is 10.0 Å². The van der Waals surface area contributed by atoms with Gasteiger partial charge in [0, 0.05) is 6.42 Å². The standard InChI is InChI=1S/C25H30N2O6S/c1-33-22-5-3-2-4-19(22)27-34(31,32)18-6-7-21(28)20(9-18)26-23(29)14-24-10-16-8-17(11-24)13-25(30,12-16)15-24/h2-7,9,16-17,27-28,30H,8,10-15H2,1H3,(H,26,29). The zero-order chi connectivity index (χ0) is 24.1. The molecule has 9 heteroatoms. The average Bonchev–Trinajstić information content (AvgIpc) is 2.73. The molecule has 182 valence electrons. The van der Waals surface area contributed by atoms with Crippen molar-refractivity contribution in [1.82, 2.24) is 0 Å². The maximum Gasteiger partial charge on any atom is 0.262 e. The van der Waals surface area contributed by atoms with Gasteiger partial charge < -0.3 is 20.3 Å². The molecular formula is C25H30N2O6S. The van der Waals surface area contributed by atoms with Crippen molar-refractivity contribution in [1.29, 1.82) is 0 Å². The molecule has 2 atom stereocenters. The second kappa shape index (κ2) is 8.16. The van der Waals surface area contributed by atoms with Crippen molar-refractivity contribution < 1.29 is 28.2 Å². The Morgan fingerprint density at radius 1 is 1.09 bits per heavy atom. The van der Waals surface area contributed by atoms with E-state index < -0.39 is 15.6 Å². The van der Waals surface area contributed by atoms with Gasteiger partial charge in [-0.3, -0.25) is 9.52 Å². The quantitative estimate of drug-likeness (QED) is 0.441. The summed E-state index contributed by atoms with van der Waals surface area (Å²) in [4.78, 5) is 12.9.